The van der Waals surface area contributed by atoms with Crippen molar-refractivity contribution >= 4 is 5.91 Å². The van der Waals surface area contributed by atoms with Gasteiger partial charge in [-0.1, -0.05) is 0 Å². The number of nitrogens with one attached hydrogen (secondary N) is 1. The number of alkyl halides is 3. The van der Waals surface area contributed by atoms with Crippen molar-refractivity contribution in [1.29, 1.82) is 0 Å². The molecule has 4 rings (SSSR count). The molecule has 6 heteroatoms. The summed E-state index contributed by atoms with van der Waals surface area (Å²) in [4.78, 5) is 11.8. The zero-order valence-corrected chi connectivity index (χ0v) is 12.8. The third kappa shape index (κ3) is 3.94. The Morgan fingerprint density at radius 2 is 1.64 bits per heavy atom. The second-order valence-electron chi connectivity index (χ2n) is 7.61. The Hall–Kier alpha value is -0.780. The van der Waals surface area contributed by atoms with Gasteiger partial charge in [-0.15, -0.1) is 0 Å². The molecule has 4 saturated carbocycles. The van der Waals surface area contributed by atoms with E-state index in [0.29, 0.717) is 6.54 Å². The zero-order chi connectivity index (χ0) is 15.8. The van der Waals surface area contributed by atoms with E-state index < -0.39 is 12.8 Å². The lowest BCUT2D eigenvalue weighted by Gasteiger charge is -2.56. The summed E-state index contributed by atoms with van der Waals surface area (Å²) >= 11 is 0. The van der Waals surface area contributed by atoms with E-state index in [2.05, 4.69) is 10.1 Å². The van der Waals surface area contributed by atoms with Crippen LogP contribution in [0.25, 0.3) is 0 Å². The number of halogens is 3. The molecule has 4 fully saturated rings. The van der Waals surface area contributed by atoms with Crippen LogP contribution in [0.3, 0.4) is 0 Å². The molecule has 4 bridgehead atoms. The van der Waals surface area contributed by atoms with Crippen LogP contribution in [0, 0.1) is 23.2 Å². The van der Waals surface area contributed by atoms with Gasteiger partial charge in [0.2, 0.25) is 5.91 Å². The van der Waals surface area contributed by atoms with E-state index in [1.54, 1.807) is 0 Å². The fraction of sp³-hybridized carbons (Fsp3) is 0.938. The Morgan fingerprint density at radius 3 is 2.14 bits per heavy atom. The maximum atomic E-state index is 11.9. The van der Waals surface area contributed by atoms with Crippen LogP contribution in [0.15, 0.2) is 0 Å². The molecule has 0 aromatic rings. The monoisotopic (exact) mass is 319 g/mol. The average molecular weight is 319 g/mol. The minimum atomic E-state index is -4.32. The van der Waals surface area contributed by atoms with Crippen LogP contribution in [0.5, 0.6) is 0 Å². The summed E-state index contributed by atoms with van der Waals surface area (Å²) < 4.78 is 40.3. The van der Waals surface area contributed by atoms with Crippen molar-refractivity contribution in [3.8, 4) is 0 Å². The summed E-state index contributed by atoms with van der Waals surface area (Å²) in [7, 11) is 0. The van der Waals surface area contributed by atoms with E-state index in [0.717, 1.165) is 17.8 Å². The molecule has 0 aliphatic heterocycles. The summed E-state index contributed by atoms with van der Waals surface area (Å²) in [6.07, 6.45) is 3.39. The minimum Gasteiger partial charge on any atom is -0.372 e. The van der Waals surface area contributed by atoms with Gasteiger partial charge in [-0.2, -0.15) is 13.2 Å². The smallest absolute Gasteiger partial charge is 0.372 e. The molecule has 0 radical (unpaired) electrons. The molecule has 4 aliphatic rings. The molecule has 0 spiro atoms. The second kappa shape index (κ2) is 6.02. The standard InChI is InChI=1S/C16H24F3NO2/c17-16(18,19)10-22-2-1-14(21)20-9-15-6-11-3-12(7-15)5-13(4-11)8-15/h11-13H,1-10H2,(H,20,21). The molecule has 22 heavy (non-hydrogen) atoms. The van der Waals surface area contributed by atoms with E-state index in [1.165, 1.54) is 38.5 Å². The molecule has 126 valence electrons. The number of carbonyl (C=O) groups is 1. The van der Waals surface area contributed by atoms with Crippen molar-refractivity contribution in [3.63, 3.8) is 0 Å². The number of hydrogen-bond acceptors (Lipinski definition) is 2. The number of hydrogen-bond donors (Lipinski definition) is 1. The van der Waals surface area contributed by atoms with Crippen molar-refractivity contribution < 1.29 is 22.7 Å². The van der Waals surface area contributed by atoms with Crippen LogP contribution < -0.4 is 5.32 Å². The highest BCUT2D eigenvalue weighted by atomic mass is 19.4. The third-order valence-corrected chi connectivity index (χ3v) is 5.56. The molecular formula is C16H24F3NO2. The summed E-state index contributed by atoms with van der Waals surface area (Å²) in [5.74, 6) is 2.30. The first-order chi connectivity index (χ1) is 10.3. The lowest BCUT2D eigenvalue weighted by molar-refractivity contribution is -0.174. The van der Waals surface area contributed by atoms with E-state index in [4.69, 9.17) is 0 Å². The van der Waals surface area contributed by atoms with Gasteiger partial charge in [-0.25, -0.2) is 0 Å². The van der Waals surface area contributed by atoms with Crippen LogP contribution in [0.1, 0.15) is 44.9 Å². The number of amides is 1. The maximum absolute atomic E-state index is 11.9. The van der Waals surface area contributed by atoms with Crippen molar-refractivity contribution in [3.05, 3.63) is 0 Å². The van der Waals surface area contributed by atoms with Crippen molar-refractivity contribution in [2.24, 2.45) is 23.2 Å². The molecule has 1 N–H and O–H groups in total. The van der Waals surface area contributed by atoms with Crippen molar-refractivity contribution in [1.82, 2.24) is 5.32 Å². The molecule has 0 aromatic heterocycles. The van der Waals surface area contributed by atoms with Gasteiger partial charge in [0.25, 0.3) is 0 Å². The molecule has 0 aromatic carbocycles. The Labute approximate surface area is 129 Å². The molecule has 0 unspecified atom stereocenters. The quantitative estimate of drug-likeness (QED) is 0.763. The summed E-state index contributed by atoms with van der Waals surface area (Å²) in [6, 6.07) is 0. The van der Waals surface area contributed by atoms with Crippen LogP contribution in [0.2, 0.25) is 0 Å². The van der Waals surface area contributed by atoms with E-state index in [9.17, 15) is 18.0 Å². The van der Waals surface area contributed by atoms with E-state index >= 15 is 0 Å². The molecule has 0 heterocycles. The predicted octanol–water partition coefficient (Wildman–Crippen LogP) is 3.29. The first-order valence-corrected chi connectivity index (χ1v) is 8.25. The molecular weight excluding hydrogens is 295 g/mol. The van der Waals surface area contributed by atoms with Gasteiger partial charge in [-0.3, -0.25) is 4.79 Å². The van der Waals surface area contributed by atoms with Gasteiger partial charge in [0.05, 0.1) is 6.61 Å². The highest BCUT2D eigenvalue weighted by Gasteiger charge is 2.50. The Kier molecular flexibility index (Phi) is 4.40. The summed E-state index contributed by atoms with van der Waals surface area (Å²) in [6.45, 7) is -0.768. The second-order valence-corrected chi connectivity index (χ2v) is 7.61. The van der Waals surface area contributed by atoms with Crippen LogP contribution in [-0.4, -0.2) is 31.8 Å². The van der Waals surface area contributed by atoms with Crippen molar-refractivity contribution in [2.75, 3.05) is 19.8 Å². The van der Waals surface area contributed by atoms with Crippen LogP contribution in [-0.2, 0) is 9.53 Å². The lowest BCUT2D eigenvalue weighted by atomic mass is 9.49. The Bertz CT molecular complexity index is 387. The number of rotatable bonds is 6. The first-order valence-electron chi connectivity index (χ1n) is 8.25. The van der Waals surface area contributed by atoms with Gasteiger partial charge in [0.1, 0.15) is 6.61 Å². The lowest BCUT2D eigenvalue weighted by Crippen LogP contribution is -2.51. The zero-order valence-electron chi connectivity index (χ0n) is 12.8. The van der Waals surface area contributed by atoms with Crippen LogP contribution >= 0.6 is 0 Å². The number of carbonyl (C=O) groups excluding carboxylic acids is 1. The third-order valence-electron chi connectivity index (χ3n) is 5.56. The molecule has 3 nitrogen and oxygen atoms in total. The maximum Gasteiger partial charge on any atom is 0.411 e. The molecule has 0 atom stereocenters. The van der Waals surface area contributed by atoms with Gasteiger partial charge >= 0.3 is 6.18 Å². The Morgan fingerprint density at radius 1 is 1.09 bits per heavy atom. The normalized spacial score (nSPS) is 36.6. The predicted molar refractivity (Wildman–Crippen MR) is 75.1 cm³/mol. The van der Waals surface area contributed by atoms with E-state index in [1.807, 2.05) is 0 Å². The largest absolute Gasteiger partial charge is 0.411 e. The summed E-state index contributed by atoms with van der Waals surface area (Å²) in [5, 5.41) is 2.94. The van der Waals surface area contributed by atoms with Crippen molar-refractivity contribution in [2.45, 2.75) is 51.1 Å². The fourth-order valence-electron chi connectivity index (χ4n) is 5.23. The minimum absolute atomic E-state index is 0.00243. The first kappa shape index (κ1) is 16.1. The van der Waals surface area contributed by atoms with Gasteiger partial charge in [0, 0.05) is 13.0 Å². The van der Waals surface area contributed by atoms with Gasteiger partial charge < -0.3 is 10.1 Å². The van der Waals surface area contributed by atoms with E-state index in [-0.39, 0.29) is 24.3 Å². The molecule has 4 aliphatic carbocycles. The highest BCUT2D eigenvalue weighted by molar-refractivity contribution is 5.76. The topological polar surface area (TPSA) is 38.3 Å². The number of ether oxygens (including phenoxy) is 1. The van der Waals surface area contributed by atoms with Crippen LogP contribution in [0.4, 0.5) is 13.2 Å². The SMILES string of the molecule is O=C(CCOCC(F)(F)F)NCC12CC3CC(CC(C3)C1)C2. The highest BCUT2D eigenvalue weighted by Crippen LogP contribution is 2.59. The Balaban J connectivity index is 1.38. The molecule has 0 saturated heterocycles. The fourth-order valence-corrected chi connectivity index (χ4v) is 5.23. The van der Waals surface area contributed by atoms with Gasteiger partial charge in [-0.05, 0) is 61.7 Å². The average Bonchev–Trinajstić information content (AvgIpc) is 2.39. The summed E-state index contributed by atoms with van der Waals surface area (Å²) in [5.41, 5.74) is 0.261. The molecule has 1 amide bonds. The van der Waals surface area contributed by atoms with Gasteiger partial charge in [0.15, 0.2) is 0 Å².